The standard InChI is InChI=1S/C15H23NO3/c1-11-6-7-16(14(11)10-17)9-15(18)12-4-3-5-13(8-12)19-2/h3-5,8,11,14-15,17-18H,6-7,9-10H2,1-2H3. The van der Waals surface area contributed by atoms with Crippen LogP contribution >= 0.6 is 0 Å². The average Bonchev–Trinajstić information content (AvgIpc) is 2.79. The van der Waals surface area contributed by atoms with Crippen LogP contribution in [0.4, 0.5) is 0 Å². The summed E-state index contributed by atoms with van der Waals surface area (Å²) < 4.78 is 5.17. The van der Waals surface area contributed by atoms with Crippen molar-refractivity contribution in [2.24, 2.45) is 5.92 Å². The number of aliphatic hydroxyl groups is 2. The first-order valence-electron chi connectivity index (χ1n) is 6.82. The molecule has 4 heteroatoms. The van der Waals surface area contributed by atoms with Gasteiger partial charge in [-0.15, -0.1) is 0 Å². The van der Waals surface area contributed by atoms with E-state index in [1.165, 1.54) is 0 Å². The van der Waals surface area contributed by atoms with E-state index in [-0.39, 0.29) is 12.6 Å². The number of aliphatic hydroxyl groups excluding tert-OH is 2. The van der Waals surface area contributed by atoms with Crippen LogP contribution < -0.4 is 4.74 Å². The van der Waals surface area contributed by atoms with Gasteiger partial charge in [-0.05, 0) is 36.6 Å². The van der Waals surface area contributed by atoms with E-state index in [2.05, 4.69) is 11.8 Å². The number of hydrogen-bond donors (Lipinski definition) is 2. The van der Waals surface area contributed by atoms with Crippen molar-refractivity contribution < 1.29 is 14.9 Å². The van der Waals surface area contributed by atoms with Crippen LogP contribution in [0.5, 0.6) is 5.75 Å². The smallest absolute Gasteiger partial charge is 0.119 e. The molecule has 3 unspecified atom stereocenters. The summed E-state index contributed by atoms with van der Waals surface area (Å²) in [4.78, 5) is 2.18. The van der Waals surface area contributed by atoms with Crippen molar-refractivity contribution in [3.8, 4) is 5.75 Å². The highest BCUT2D eigenvalue weighted by atomic mass is 16.5. The molecule has 0 spiro atoms. The lowest BCUT2D eigenvalue weighted by atomic mass is 10.0. The molecule has 1 fully saturated rings. The van der Waals surface area contributed by atoms with Crippen molar-refractivity contribution >= 4 is 0 Å². The number of ether oxygens (including phenoxy) is 1. The molecule has 1 saturated heterocycles. The summed E-state index contributed by atoms with van der Waals surface area (Å²) in [7, 11) is 1.62. The number of rotatable bonds is 5. The molecule has 0 aromatic heterocycles. The summed E-state index contributed by atoms with van der Waals surface area (Å²) in [6.07, 6.45) is 0.533. The second-order valence-corrected chi connectivity index (χ2v) is 5.30. The average molecular weight is 265 g/mol. The monoisotopic (exact) mass is 265 g/mol. The molecule has 0 saturated carbocycles. The maximum atomic E-state index is 10.3. The predicted molar refractivity (Wildman–Crippen MR) is 74.2 cm³/mol. The lowest BCUT2D eigenvalue weighted by Gasteiger charge is -2.27. The Morgan fingerprint density at radius 3 is 2.95 bits per heavy atom. The fourth-order valence-electron chi connectivity index (χ4n) is 2.79. The first-order chi connectivity index (χ1) is 9.15. The van der Waals surface area contributed by atoms with Crippen LogP contribution in [-0.2, 0) is 0 Å². The van der Waals surface area contributed by atoms with Crippen molar-refractivity contribution in [3.63, 3.8) is 0 Å². The van der Waals surface area contributed by atoms with Crippen LogP contribution in [0.1, 0.15) is 25.0 Å². The Balaban J connectivity index is 2.02. The fraction of sp³-hybridized carbons (Fsp3) is 0.600. The molecule has 2 rings (SSSR count). The number of nitrogens with zero attached hydrogens (tertiary/aromatic N) is 1. The number of benzene rings is 1. The molecule has 106 valence electrons. The lowest BCUT2D eigenvalue weighted by molar-refractivity contribution is 0.0762. The Kier molecular flexibility index (Phi) is 4.80. The maximum Gasteiger partial charge on any atom is 0.119 e. The zero-order valence-electron chi connectivity index (χ0n) is 11.6. The Morgan fingerprint density at radius 1 is 1.47 bits per heavy atom. The molecule has 2 N–H and O–H groups in total. The van der Waals surface area contributed by atoms with Gasteiger partial charge in [-0.2, -0.15) is 0 Å². The predicted octanol–water partition coefficient (Wildman–Crippen LogP) is 1.43. The minimum absolute atomic E-state index is 0.159. The molecule has 1 heterocycles. The molecule has 1 aliphatic heterocycles. The van der Waals surface area contributed by atoms with E-state index in [0.29, 0.717) is 12.5 Å². The molecular weight excluding hydrogens is 242 g/mol. The van der Waals surface area contributed by atoms with E-state index in [4.69, 9.17) is 4.74 Å². The number of β-amino-alcohol motifs (C(OH)–C–C–N with tert-alkyl or cyclic N) is 1. The second-order valence-electron chi connectivity index (χ2n) is 5.30. The van der Waals surface area contributed by atoms with Crippen molar-refractivity contribution in [3.05, 3.63) is 29.8 Å². The minimum atomic E-state index is -0.547. The summed E-state index contributed by atoms with van der Waals surface area (Å²) in [5.41, 5.74) is 0.857. The minimum Gasteiger partial charge on any atom is -0.497 e. The van der Waals surface area contributed by atoms with Gasteiger partial charge in [-0.3, -0.25) is 4.90 Å². The molecular formula is C15H23NO3. The first-order valence-corrected chi connectivity index (χ1v) is 6.82. The third-order valence-electron chi connectivity index (χ3n) is 4.07. The molecule has 0 radical (unpaired) electrons. The molecule has 1 aromatic carbocycles. The van der Waals surface area contributed by atoms with Crippen LogP contribution in [0.3, 0.4) is 0 Å². The Labute approximate surface area is 114 Å². The normalized spacial score (nSPS) is 25.5. The van der Waals surface area contributed by atoms with Gasteiger partial charge < -0.3 is 14.9 Å². The summed E-state index contributed by atoms with van der Waals surface area (Å²) in [6, 6.07) is 7.68. The molecule has 0 amide bonds. The molecule has 3 atom stereocenters. The third kappa shape index (κ3) is 3.26. The van der Waals surface area contributed by atoms with E-state index < -0.39 is 6.10 Å². The van der Waals surface area contributed by atoms with Crippen molar-refractivity contribution in [1.29, 1.82) is 0 Å². The van der Waals surface area contributed by atoms with Crippen molar-refractivity contribution in [2.75, 3.05) is 26.8 Å². The van der Waals surface area contributed by atoms with E-state index in [9.17, 15) is 10.2 Å². The van der Waals surface area contributed by atoms with Gasteiger partial charge in [-0.1, -0.05) is 19.1 Å². The van der Waals surface area contributed by atoms with Crippen LogP contribution in [0.25, 0.3) is 0 Å². The number of hydrogen-bond acceptors (Lipinski definition) is 4. The van der Waals surface area contributed by atoms with Crippen LogP contribution in [0.15, 0.2) is 24.3 Å². The molecule has 0 bridgehead atoms. The third-order valence-corrected chi connectivity index (χ3v) is 4.07. The van der Waals surface area contributed by atoms with Gasteiger partial charge in [0.1, 0.15) is 5.75 Å². The SMILES string of the molecule is COc1cccc(C(O)CN2CCC(C)C2CO)c1. The highest BCUT2D eigenvalue weighted by molar-refractivity contribution is 5.30. The summed E-state index contributed by atoms with van der Waals surface area (Å²) >= 11 is 0. The van der Waals surface area contributed by atoms with Crippen molar-refractivity contribution in [2.45, 2.75) is 25.5 Å². The summed E-state index contributed by atoms with van der Waals surface area (Å²) in [6.45, 7) is 3.81. The van der Waals surface area contributed by atoms with Gasteiger partial charge in [-0.25, -0.2) is 0 Å². The zero-order chi connectivity index (χ0) is 13.8. The highest BCUT2D eigenvalue weighted by Crippen LogP contribution is 2.27. The quantitative estimate of drug-likeness (QED) is 0.845. The topological polar surface area (TPSA) is 52.9 Å². The van der Waals surface area contributed by atoms with Gasteiger partial charge >= 0.3 is 0 Å². The van der Waals surface area contributed by atoms with E-state index in [1.807, 2.05) is 24.3 Å². The highest BCUT2D eigenvalue weighted by Gasteiger charge is 2.31. The molecule has 4 nitrogen and oxygen atoms in total. The number of methoxy groups -OCH3 is 1. The molecule has 0 aliphatic carbocycles. The van der Waals surface area contributed by atoms with Gasteiger partial charge in [0.05, 0.1) is 19.8 Å². The van der Waals surface area contributed by atoms with Gasteiger partial charge in [0.2, 0.25) is 0 Å². The van der Waals surface area contributed by atoms with Crippen LogP contribution in [-0.4, -0.2) is 48.0 Å². The summed E-state index contributed by atoms with van der Waals surface area (Å²) in [5, 5.41) is 19.8. The number of likely N-dealkylation sites (tertiary alicyclic amines) is 1. The maximum absolute atomic E-state index is 10.3. The van der Waals surface area contributed by atoms with E-state index in [0.717, 1.165) is 24.3 Å². The van der Waals surface area contributed by atoms with Gasteiger partial charge in [0.15, 0.2) is 0 Å². The van der Waals surface area contributed by atoms with E-state index in [1.54, 1.807) is 7.11 Å². The van der Waals surface area contributed by atoms with Gasteiger partial charge in [0.25, 0.3) is 0 Å². The largest absolute Gasteiger partial charge is 0.497 e. The first kappa shape index (κ1) is 14.3. The molecule has 1 aliphatic rings. The fourth-order valence-corrected chi connectivity index (χ4v) is 2.79. The Bertz CT molecular complexity index is 410. The van der Waals surface area contributed by atoms with E-state index >= 15 is 0 Å². The van der Waals surface area contributed by atoms with Crippen molar-refractivity contribution in [1.82, 2.24) is 4.90 Å². The molecule has 19 heavy (non-hydrogen) atoms. The Hall–Kier alpha value is -1.10. The zero-order valence-corrected chi connectivity index (χ0v) is 11.6. The second kappa shape index (κ2) is 6.37. The lowest BCUT2D eigenvalue weighted by Crippen LogP contribution is -2.37. The van der Waals surface area contributed by atoms with Crippen LogP contribution in [0.2, 0.25) is 0 Å². The molecule has 1 aromatic rings. The summed E-state index contributed by atoms with van der Waals surface area (Å²) in [5.74, 6) is 1.24. The van der Waals surface area contributed by atoms with Gasteiger partial charge in [0, 0.05) is 12.6 Å². The Morgan fingerprint density at radius 2 is 2.26 bits per heavy atom. The van der Waals surface area contributed by atoms with Crippen LogP contribution in [0, 0.1) is 5.92 Å².